The van der Waals surface area contributed by atoms with E-state index in [1.54, 1.807) is 0 Å². The van der Waals surface area contributed by atoms with Crippen molar-refractivity contribution >= 4 is 17.5 Å². The molecule has 27 heavy (non-hydrogen) atoms. The highest BCUT2D eigenvalue weighted by Crippen LogP contribution is 2.37. The number of aromatic nitrogens is 2. The number of carbonyl (C=O) groups is 1. The number of nitrogens with zero attached hydrogens (tertiary/aromatic N) is 3. The standard InChI is InChI=1S/C21H27ClN4O/c22-17-8-5-7-16(13-17)18-14-23-24-21(18)19-9-6-12-26(19)20(27)15-25-10-3-1-2-4-11-25/h5,7-8,13-14,19H,1-4,6,9-12,15H2,(H,23,24). The van der Waals surface area contributed by atoms with E-state index in [-0.39, 0.29) is 11.9 Å². The highest BCUT2D eigenvalue weighted by molar-refractivity contribution is 6.30. The van der Waals surface area contributed by atoms with Crippen molar-refractivity contribution < 1.29 is 4.79 Å². The number of rotatable bonds is 4. The van der Waals surface area contributed by atoms with Crippen molar-refractivity contribution in [3.05, 3.63) is 41.2 Å². The molecule has 5 nitrogen and oxygen atoms in total. The third-order valence-electron chi connectivity index (χ3n) is 5.77. The summed E-state index contributed by atoms with van der Waals surface area (Å²) in [4.78, 5) is 17.4. The molecule has 0 bridgehead atoms. The largest absolute Gasteiger partial charge is 0.333 e. The number of benzene rings is 1. The second-order valence-corrected chi connectivity index (χ2v) is 8.08. The summed E-state index contributed by atoms with van der Waals surface area (Å²) in [6.45, 7) is 3.45. The maximum Gasteiger partial charge on any atom is 0.237 e. The number of hydrogen-bond acceptors (Lipinski definition) is 3. The van der Waals surface area contributed by atoms with Gasteiger partial charge in [-0.1, -0.05) is 36.6 Å². The molecular formula is C21H27ClN4O. The van der Waals surface area contributed by atoms with Crippen LogP contribution in [0.3, 0.4) is 0 Å². The molecule has 1 amide bonds. The van der Waals surface area contributed by atoms with Crippen LogP contribution in [-0.4, -0.2) is 52.1 Å². The lowest BCUT2D eigenvalue weighted by Gasteiger charge is -2.28. The van der Waals surface area contributed by atoms with Crippen LogP contribution in [0.4, 0.5) is 0 Å². The van der Waals surface area contributed by atoms with E-state index in [4.69, 9.17) is 11.6 Å². The van der Waals surface area contributed by atoms with E-state index in [0.29, 0.717) is 11.6 Å². The fourth-order valence-electron chi connectivity index (χ4n) is 4.38. The number of aromatic amines is 1. The molecule has 0 radical (unpaired) electrons. The smallest absolute Gasteiger partial charge is 0.237 e. The van der Waals surface area contributed by atoms with Crippen LogP contribution < -0.4 is 0 Å². The Labute approximate surface area is 165 Å². The summed E-state index contributed by atoms with van der Waals surface area (Å²) in [5.41, 5.74) is 3.11. The molecule has 4 rings (SSSR count). The van der Waals surface area contributed by atoms with Gasteiger partial charge in [-0.2, -0.15) is 5.10 Å². The second-order valence-electron chi connectivity index (χ2n) is 7.64. The van der Waals surface area contributed by atoms with Gasteiger partial charge in [0.2, 0.25) is 5.91 Å². The zero-order chi connectivity index (χ0) is 18.6. The van der Waals surface area contributed by atoms with Crippen LogP contribution in [-0.2, 0) is 4.79 Å². The van der Waals surface area contributed by atoms with Crippen LogP contribution in [0.25, 0.3) is 11.1 Å². The molecule has 1 aromatic carbocycles. The van der Waals surface area contributed by atoms with Crippen molar-refractivity contribution in [1.82, 2.24) is 20.0 Å². The van der Waals surface area contributed by atoms with Gasteiger partial charge in [-0.3, -0.25) is 14.8 Å². The number of halogens is 1. The summed E-state index contributed by atoms with van der Waals surface area (Å²) in [5, 5.41) is 8.15. The first-order chi connectivity index (χ1) is 13.2. The Hall–Kier alpha value is -1.85. The van der Waals surface area contributed by atoms with Gasteiger partial charge < -0.3 is 4.90 Å². The van der Waals surface area contributed by atoms with Gasteiger partial charge in [0.15, 0.2) is 0 Å². The van der Waals surface area contributed by atoms with Gasteiger partial charge in [0.25, 0.3) is 0 Å². The summed E-state index contributed by atoms with van der Waals surface area (Å²) in [7, 11) is 0. The lowest BCUT2D eigenvalue weighted by atomic mass is 10.0. The highest BCUT2D eigenvalue weighted by Gasteiger charge is 2.33. The molecular weight excluding hydrogens is 360 g/mol. The Kier molecular flexibility index (Phi) is 5.79. The number of nitrogens with one attached hydrogen (secondary N) is 1. The van der Waals surface area contributed by atoms with E-state index in [9.17, 15) is 4.79 Å². The molecule has 2 aliphatic rings. The predicted octanol–water partition coefficient (Wildman–Crippen LogP) is 4.27. The van der Waals surface area contributed by atoms with Gasteiger partial charge in [0, 0.05) is 17.1 Å². The Balaban J connectivity index is 1.52. The molecule has 0 aliphatic carbocycles. The Morgan fingerprint density at radius 1 is 1.15 bits per heavy atom. The Bertz CT molecular complexity index is 782. The topological polar surface area (TPSA) is 52.2 Å². The van der Waals surface area contributed by atoms with Crippen molar-refractivity contribution in [1.29, 1.82) is 0 Å². The van der Waals surface area contributed by atoms with E-state index in [1.165, 1.54) is 25.7 Å². The molecule has 2 fully saturated rings. The van der Waals surface area contributed by atoms with Crippen molar-refractivity contribution in [2.24, 2.45) is 0 Å². The summed E-state index contributed by atoms with van der Waals surface area (Å²) < 4.78 is 0. The van der Waals surface area contributed by atoms with Crippen LogP contribution in [0.2, 0.25) is 5.02 Å². The summed E-state index contributed by atoms with van der Waals surface area (Å²) >= 11 is 6.17. The van der Waals surface area contributed by atoms with Crippen molar-refractivity contribution in [3.8, 4) is 11.1 Å². The van der Waals surface area contributed by atoms with Crippen molar-refractivity contribution in [3.63, 3.8) is 0 Å². The van der Waals surface area contributed by atoms with E-state index in [1.807, 2.05) is 35.4 Å². The zero-order valence-electron chi connectivity index (χ0n) is 15.7. The fourth-order valence-corrected chi connectivity index (χ4v) is 4.57. The highest BCUT2D eigenvalue weighted by atomic mass is 35.5. The van der Waals surface area contributed by atoms with E-state index in [2.05, 4.69) is 15.1 Å². The normalized spacial score (nSPS) is 21.4. The monoisotopic (exact) mass is 386 g/mol. The first-order valence-corrected chi connectivity index (χ1v) is 10.4. The average Bonchev–Trinajstić information content (AvgIpc) is 3.27. The quantitative estimate of drug-likeness (QED) is 0.853. The second kappa shape index (κ2) is 8.44. The Morgan fingerprint density at radius 2 is 1.96 bits per heavy atom. The molecule has 1 N–H and O–H groups in total. The molecule has 1 unspecified atom stereocenters. The first-order valence-electron chi connectivity index (χ1n) is 10.0. The summed E-state index contributed by atoms with van der Waals surface area (Å²) in [5.74, 6) is 0.242. The molecule has 2 aliphatic heterocycles. The van der Waals surface area contributed by atoms with Gasteiger partial charge in [-0.15, -0.1) is 0 Å². The van der Waals surface area contributed by atoms with E-state index in [0.717, 1.165) is 49.3 Å². The lowest BCUT2D eigenvalue weighted by Crippen LogP contribution is -2.40. The minimum Gasteiger partial charge on any atom is -0.333 e. The molecule has 3 heterocycles. The summed E-state index contributed by atoms with van der Waals surface area (Å²) in [6.07, 6.45) is 8.83. The Morgan fingerprint density at radius 3 is 2.74 bits per heavy atom. The molecule has 1 aromatic heterocycles. The summed E-state index contributed by atoms with van der Waals surface area (Å²) in [6, 6.07) is 7.89. The van der Waals surface area contributed by atoms with Gasteiger partial charge in [-0.05, 0) is 56.5 Å². The van der Waals surface area contributed by atoms with E-state index >= 15 is 0 Å². The van der Waals surface area contributed by atoms with Crippen LogP contribution >= 0.6 is 11.6 Å². The van der Waals surface area contributed by atoms with Crippen molar-refractivity contribution in [2.75, 3.05) is 26.2 Å². The minimum absolute atomic E-state index is 0.0703. The molecule has 2 saturated heterocycles. The van der Waals surface area contributed by atoms with E-state index < -0.39 is 0 Å². The van der Waals surface area contributed by atoms with Gasteiger partial charge >= 0.3 is 0 Å². The maximum absolute atomic E-state index is 13.1. The zero-order valence-corrected chi connectivity index (χ0v) is 16.4. The molecule has 0 saturated carbocycles. The third kappa shape index (κ3) is 4.19. The lowest BCUT2D eigenvalue weighted by molar-refractivity contribution is -0.133. The van der Waals surface area contributed by atoms with Crippen LogP contribution in [0.1, 0.15) is 50.3 Å². The number of carbonyl (C=O) groups excluding carboxylic acids is 1. The number of amides is 1. The number of hydrogen-bond donors (Lipinski definition) is 1. The maximum atomic E-state index is 13.1. The SMILES string of the molecule is O=C(CN1CCCCCC1)N1CCCC1c1[nH]ncc1-c1cccc(Cl)c1. The molecule has 1 atom stereocenters. The molecule has 2 aromatic rings. The first kappa shape index (κ1) is 18.5. The van der Waals surface area contributed by atoms with Gasteiger partial charge in [0.1, 0.15) is 0 Å². The number of likely N-dealkylation sites (tertiary alicyclic amines) is 2. The molecule has 0 spiro atoms. The van der Waals surface area contributed by atoms with Crippen LogP contribution in [0.15, 0.2) is 30.5 Å². The van der Waals surface area contributed by atoms with Crippen molar-refractivity contribution in [2.45, 2.75) is 44.6 Å². The minimum atomic E-state index is 0.0703. The van der Waals surface area contributed by atoms with Crippen LogP contribution in [0, 0.1) is 0 Å². The van der Waals surface area contributed by atoms with Crippen LogP contribution in [0.5, 0.6) is 0 Å². The number of H-pyrrole nitrogens is 1. The average molecular weight is 387 g/mol. The molecule has 6 heteroatoms. The van der Waals surface area contributed by atoms with Gasteiger partial charge in [0.05, 0.1) is 24.5 Å². The predicted molar refractivity (Wildman–Crippen MR) is 108 cm³/mol. The third-order valence-corrected chi connectivity index (χ3v) is 6.00. The fraction of sp³-hybridized carbons (Fsp3) is 0.524. The van der Waals surface area contributed by atoms with Gasteiger partial charge in [-0.25, -0.2) is 0 Å². The molecule has 144 valence electrons.